The van der Waals surface area contributed by atoms with Crippen LogP contribution in [0.25, 0.3) is 21.9 Å². The van der Waals surface area contributed by atoms with Gasteiger partial charge in [-0.3, -0.25) is 0 Å². The number of hydrogen-bond donors (Lipinski definition) is 1. The predicted molar refractivity (Wildman–Crippen MR) is 134 cm³/mol. The van der Waals surface area contributed by atoms with Gasteiger partial charge in [-0.05, 0) is 76.1 Å². The monoisotopic (exact) mass is 419 g/mol. The number of ether oxygens (including phenoxy) is 1. The number of rotatable bonds is 2. The first-order chi connectivity index (χ1) is 15.3. The van der Waals surface area contributed by atoms with Crippen molar-refractivity contribution in [2.45, 2.75) is 51.4 Å². The molecule has 2 nitrogen and oxygen atoms in total. The van der Waals surface area contributed by atoms with Crippen LogP contribution in [0.1, 0.15) is 51.7 Å². The van der Waals surface area contributed by atoms with E-state index in [4.69, 9.17) is 4.74 Å². The van der Waals surface area contributed by atoms with Gasteiger partial charge in [-0.1, -0.05) is 64.1 Å². The second-order valence-corrected chi connectivity index (χ2v) is 10.6. The summed E-state index contributed by atoms with van der Waals surface area (Å²) in [6.45, 7) is 9.48. The first-order valence-electron chi connectivity index (χ1n) is 11.6. The molecule has 4 aromatic rings. The van der Waals surface area contributed by atoms with Crippen LogP contribution >= 0.6 is 0 Å². The van der Waals surface area contributed by atoms with Crippen molar-refractivity contribution in [1.82, 2.24) is 0 Å². The molecule has 0 atom stereocenters. The molecule has 0 saturated carbocycles. The molecule has 2 aliphatic rings. The van der Waals surface area contributed by atoms with Gasteiger partial charge in [0.05, 0.1) is 0 Å². The maximum atomic E-state index is 6.34. The Bertz CT molecular complexity index is 1370. The Labute approximate surface area is 190 Å². The number of hydrogen-bond acceptors (Lipinski definition) is 2. The third-order valence-corrected chi connectivity index (χ3v) is 7.50. The van der Waals surface area contributed by atoms with Gasteiger partial charge in [-0.25, -0.2) is 0 Å². The summed E-state index contributed by atoms with van der Waals surface area (Å²) in [4.78, 5) is 0. The minimum absolute atomic E-state index is 0.198. The van der Waals surface area contributed by atoms with Crippen molar-refractivity contribution in [3.8, 4) is 22.6 Å². The smallest absolute Gasteiger partial charge is 0.137 e. The zero-order valence-electron chi connectivity index (χ0n) is 19.3. The first-order valence-corrected chi connectivity index (χ1v) is 11.6. The lowest BCUT2D eigenvalue weighted by Crippen LogP contribution is -2.33. The highest BCUT2D eigenvalue weighted by atomic mass is 16.5. The van der Waals surface area contributed by atoms with Crippen molar-refractivity contribution in [1.29, 1.82) is 0 Å². The van der Waals surface area contributed by atoms with Gasteiger partial charge in [0.25, 0.3) is 0 Å². The van der Waals surface area contributed by atoms with E-state index in [9.17, 15) is 0 Å². The van der Waals surface area contributed by atoms with Gasteiger partial charge in [-0.2, -0.15) is 0 Å². The molecule has 0 fully saturated rings. The molecule has 6 rings (SSSR count). The van der Waals surface area contributed by atoms with E-state index < -0.39 is 0 Å². The van der Waals surface area contributed by atoms with E-state index in [2.05, 4.69) is 106 Å². The molecule has 1 aliphatic carbocycles. The lowest BCUT2D eigenvalue weighted by Gasteiger charge is -2.42. The number of fused-ring (bicyclic) bond motifs is 3. The summed E-state index contributed by atoms with van der Waals surface area (Å²) in [5.41, 5.74) is 7.94. The van der Waals surface area contributed by atoms with Crippen LogP contribution in [0.3, 0.4) is 0 Å². The summed E-state index contributed by atoms with van der Waals surface area (Å²) in [6, 6.07) is 26.1. The molecule has 1 N–H and O–H groups in total. The highest BCUT2D eigenvalue weighted by Gasteiger charge is 2.37. The molecule has 2 heteroatoms. The largest absolute Gasteiger partial charge is 0.456 e. The van der Waals surface area contributed by atoms with Crippen LogP contribution in [0.4, 0.5) is 11.4 Å². The molecule has 0 unspecified atom stereocenters. The van der Waals surface area contributed by atoms with Crippen LogP contribution in [0, 0.1) is 0 Å². The van der Waals surface area contributed by atoms with E-state index in [1.54, 1.807) is 0 Å². The van der Waals surface area contributed by atoms with Crippen molar-refractivity contribution in [2.24, 2.45) is 0 Å². The van der Waals surface area contributed by atoms with Gasteiger partial charge >= 0.3 is 0 Å². The van der Waals surface area contributed by atoms with E-state index in [1.165, 1.54) is 40.3 Å². The molecular weight excluding hydrogens is 390 g/mol. The normalized spacial score (nSPS) is 17.2. The first kappa shape index (κ1) is 19.4. The highest BCUT2D eigenvalue weighted by molar-refractivity contribution is 6.04. The molecule has 0 spiro atoms. The molecule has 32 heavy (non-hydrogen) atoms. The summed E-state index contributed by atoms with van der Waals surface area (Å²) in [6.07, 6.45) is 2.45. The number of anilines is 2. The fourth-order valence-electron chi connectivity index (χ4n) is 5.47. The van der Waals surface area contributed by atoms with E-state index in [0.717, 1.165) is 28.4 Å². The van der Waals surface area contributed by atoms with E-state index >= 15 is 0 Å². The molecule has 1 heterocycles. The fourth-order valence-corrected chi connectivity index (χ4v) is 5.47. The zero-order valence-corrected chi connectivity index (χ0v) is 19.3. The number of nitrogens with one attached hydrogen (secondary N) is 1. The Balaban J connectivity index is 1.38. The molecule has 4 aromatic carbocycles. The topological polar surface area (TPSA) is 21.3 Å². The Morgan fingerprint density at radius 2 is 1.34 bits per heavy atom. The Morgan fingerprint density at radius 3 is 2.16 bits per heavy atom. The summed E-state index contributed by atoms with van der Waals surface area (Å²) in [5.74, 6) is 1.83. The predicted octanol–water partition coefficient (Wildman–Crippen LogP) is 8.71. The Morgan fingerprint density at radius 1 is 0.656 bits per heavy atom. The minimum atomic E-state index is 0.198. The number of benzene rings is 4. The third-order valence-electron chi connectivity index (χ3n) is 7.50. The average Bonchev–Trinajstić information content (AvgIpc) is 2.77. The van der Waals surface area contributed by atoms with Gasteiger partial charge in [-0.15, -0.1) is 0 Å². The maximum absolute atomic E-state index is 6.34. The van der Waals surface area contributed by atoms with Crippen LogP contribution < -0.4 is 10.1 Å². The van der Waals surface area contributed by atoms with Crippen molar-refractivity contribution >= 4 is 22.1 Å². The van der Waals surface area contributed by atoms with Crippen LogP contribution in [-0.4, -0.2) is 0 Å². The summed E-state index contributed by atoms with van der Waals surface area (Å²) >= 11 is 0. The third kappa shape index (κ3) is 2.93. The van der Waals surface area contributed by atoms with E-state index in [-0.39, 0.29) is 10.8 Å². The minimum Gasteiger partial charge on any atom is -0.456 e. The highest BCUT2D eigenvalue weighted by Crippen LogP contribution is 2.48. The molecule has 0 radical (unpaired) electrons. The van der Waals surface area contributed by atoms with Crippen LogP contribution in [0.15, 0.2) is 72.8 Å². The molecule has 0 aromatic heterocycles. The summed E-state index contributed by atoms with van der Waals surface area (Å²) < 4.78 is 6.34. The van der Waals surface area contributed by atoms with Crippen molar-refractivity contribution in [2.75, 3.05) is 5.32 Å². The molecular formula is C30H29NO. The lowest BCUT2D eigenvalue weighted by molar-refractivity contribution is 0.332. The summed E-state index contributed by atoms with van der Waals surface area (Å²) in [7, 11) is 0. The molecule has 0 saturated heterocycles. The van der Waals surface area contributed by atoms with Crippen molar-refractivity contribution in [3.05, 3.63) is 83.9 Å². The summed E-state index contributed by atoms with van der Waals surface area (Å²) in [5, 5.41) is 6.05. The van der Waals surface area contributed by atoms with Crippen LogP contribution in [-0.2, 0) is 10.8 Å². The Kier molecular flexibility index (Phi) is 4.02. The second kappa shape index (κ2) is 6.62. The molecule has 160 valence electrons. The molecule has 0 bridgehead atoms. The van der Waals surface area contributed by atoms with Gasteiger partial charge in [0.15, 0.2) is 0 Å². The second-order valence-electron chi connectivity index (χ2n) is 10.6. The van der Waals surface area contributed by atoms with Gasteiger partial charge in [0, 0.05) is 28.4 Å². The van der Waals surface area contributed by atoms with Crippen molar-refractivity contribution < 1.29 is 4.74 Å². The van der Waals surface area contributed by atoms with Gasteiger partial charge < -0.3 is 10.1 Å². The quantitative estimate of drug-likeness (QED) is 0.309. The molecule has 0 amide bonds. The van der Waals surface area contributed by atoms with Crippen LogP contribution in [0.2, 0.25) is 0 Å². The SMILES string of the molecule is CC1(C)CCC(C)(C)c2cc(Nc3ccc4c(c3)Oc3cccc5cccc-4c35)ccc21. The molecule has 1 aliphatic heterocycles. The lowest BCUT2D eigenvalue weighted by atomic mass is 9.63. The average molecular weight is 420 g/mol. The van der Waals surface area contributed by atoms with Crippen LogP contribution in [0.5, 0.6) is 11.5 Å². The Hall–Kier alpha value is -3.26. The fraction of sp³-hybridized carbons (Fsp3) is 0.267. The standard InChI is InChI=1S/C30H29NO/c1-29(2)15-16-30(3,4)25-17-20(12-14-24(25)29)31-21-11-13-22-23-9-5-7-19-8-6-10-26(28(19)23)32-27(22)18-21/h5-14,17-18,31H,15-16H2,1-4H3. The van der Waals surface area contributed by atoms with Gasteiger partial charge in [0.1, 0.15) is 11.5 Å². The van der Waals surface area contributed by atoms with E-state index in [1.807, 2.05) is 0 Å². The van der Waals surface area contributed by atoms with Gasteiger partial charge in [0.2, 0.25) is 0 Å². The zero-order chi connectivity index (χ0) is 22.1. The maximum Gasteiger partial charge on any atom is 0.137 e. The van der Waals surface area contributed by atoms with Crippen molar-refractivity contribution in [3.63, 3.8) is 0 Å². The van der Waals surface area contributed by atoms with E-state index in [0.29, 0.717) is 0 Å².